The Bertz CT molecular complexity index is 922. The SMILES string of the molecule is C[C@H](OC(=O)c1ccc(Oc2ccc(Cl)cc2[N+](=O)[O-])cc1)C(=O)NC(C)(C)C. The van der Waals surface area contributed by atoms with Crippen molar-refractivity contribution in [2.24, 2.45) is 0 Å². The number of carbonyl (C=O) groups excluding carboxylic acids is 2. The van der Waals surface area contributed by atoms with Crippen molar-refractivity contribution in [3.63, 3.8) is 0 Å². The molecule has 0 bridgehead atoms. The smallest absolute Gasteiger partial charge is 0.338 e. The number of benzene rings is 2. The van der Waals surface area contributed by atoms with Crippen molar-refractivity contribution in [3.05, 3.63) is 63.2 Å². The highest BCUT2D eigenvalue weighted by atomic mass is 35.5. The lowest BCUT2D eigenvalue weighted by molar-refractivity contribution is -0.385. The predicted octanol–water partition coefficient (Wildman–Crippen LogP) is 4.50. The first-order valence-corrected chi connectivity index (χ1v) is 9.09. The van der Waals surface area contributed by atoms with Crippen LogP contribution in [0.5, 0.6) is 11.5 Å². The van der Waals surface area contributed by atoms with Crippen LogP contribution in [-0.4, -0.2) is 28.4 Å². The first-order chi connectivity index (χ1) is 13.5. The molecule has 0 aromatic heterocycles. The second-order valence-corrected chi connectivity index (χ2v) is 7.72. The number of nitro groups is 1. The number of rotatable bonds is 6. The lowest BCUT2D eigenvalue weighted by Crippen LogP contribution is -2.46. The predicted molar refractivity (Wildman–Crippen MR) is 107 cm³/mol. The molecule has 2 aromatic rings. The molecule has 1 N–H and O–H groups in total. The third-order valence-electron chi connectivity index (χ3n) is 3.59. The third-order valence-corrected chi connectivity index (χ3v) is 3.82. The average molecular weight is 421 g/mol. The number of halogens is 1. The van der Waals surface area contributed by atoms with Gasteiger partial charge in [-0.1, -0.05) is 11.6 Å². The first-order valence-electron chi connectivity index (χ1n) is 8.71. The van der Waals surface area contributed by atoms with Gasteiger partial charge >= 0.3 is 11.7 Å². The average Bonchev–Trinajstić information content (AvgIpc) is 2.62. The maximum Gasteiger partial charge on any atom is 0.338 e. The lowest BCUT2D eigenvalue weighted by atomic mass is 10.1. The largest absolute Gasteiger partial charge is 0.450 e. The summed E-state index contributed by atoms with van der Waals surface area (Å²) in [7, 11) is 0. The van der Waals surface area contributed by atoms with E-state index in [2.05, 4.69) is 5.32 Å². The molecule has 0 radical (unpaired) electrons. The zero-order valence-electron chi connectivity index (χ0n) is 16.4. The van der Waals surface area contributed by atoms with Gasteiger partial charge < -0.3 is 14.8 Å². The van der Waals surface area contributed by atoms with Crippen LogP contribution in [0.15, 0.2) is 42.5 Å². The molecule has 0 saturated heterocycles. The molecule has 8 nitrogen and oxygen atoms in total. The summed E-state index contributed by atoms with van der Waals surface area (Å²) in [6.07, 6.45) is -0.964. The van der Waals surface area contributed by atoms with Gasteiger partial charge in [0.15, 0.2) is 6.10 Å². The van der Waals surface area contributed by atoms with Crippen LogP contribution >= 0.6 is 11.6 Å². The van der Waals surface area contributed by atoms with Crippen LogP contribution in [-0.2, 0) is 9.53 Å². The Kier molecular flexibility index (Phi) is 6.81. The van der Waals surface area contributed by atoms with Gasteiger partial charge in [-0.15, -0.1) is 0 Å². The van der Waals surface area contributed by atoms with Crippen LogP contribution in [0.2, 0.25) is 5.02 Å². The van der Waals surface area contributed by atoms with E-state index in [1.165, 1.54) is 49.4 Å². The number of hydrogen-bond acceptors (Lipinski definition) is 6. The maximum atomic E-state index is 12.2. The fraction of sp³-hybridized carbons (Fsp3) is 0.300. The van der Waals surface area contributed by atoms with E-state index in [0.29, 0.717) is 0 Å². The van der Waals surface area contributed by atoms with Gasteiger partial charge in [0.1, 0.15) is 5.75 Å². The van der Waals surface area contributed by atoms with E-state index in [1.807, 2.05) is 20.8 Å². The standard InChI is InChI=1S/C20H21ClN2O6/c1-12(18(24)22-20(2,3)4)28-19(25)13-5-8-15(9-6-13)29-17-10-7-14(21)11-16(17)23(26)27/h5-12H,1-4H3,(H,22,24)/t12-/m0/s1. The van der Waals surface area contributed by atoms with E-state index in [-0.39, 0.29) is 27.8 Å². The second kappa shape index (κ2) is 8.91. The number of nitrogens with zero attached hydrogens (tertiary/aromatic N) is 1. The van der Waals surface area contributed by atoms with Crippen molar-refractivity contribution < 1.29 is 24.0 Å². The van der Waals surface area contributed by atoms with E-state index in [4.69, 9.17) is 21.1 Å². The molecule has 0 heterocycles. The number of amides is 1. The molecule has 0 fully saturated rings. The van der Waals surface area contributed by atoms with E-state index in [0.717, 1.165) is 0 Å². The fourth-order valence-electron chi connectivity index (χ4n) is 2.26. The van der Waals surface area contributed by atoms with E-state index in [1.54, 1.807) is 0 Å². The molecule has 1 amide bonds. The number of esters is 1. The van der Waals surface area contributed by atoms with Crippen molar-refractivity contribution in [2.45, 2.75) is 39.3 Å². The summed E-state index contributed by atoms with van der Waals surface area (Å²) in [6.45, 7) is 6.95. The monoisotopic (exact) mass is 420 g/mol. The topological polar surface area (TPSA) is 108 Å². The van der Waals surface area contributed by atoms with Crippen LogP contribution < -0.4 is 10.1 Å². The third kappa shape index (κ3) is 6.46. The highest BCUT2D eigenvalue weighted by Gasteiger charge is 2.23. The minimum Gasteiger partial charge on any atom is -0.450 e. The molecule has 2 rings (SSSR count). The Morgan fingerprint density at radius 1 is 1.14 bits per heavy atom. The molecular formula is C20H21ClN2O6. The normalized spacial score (nSPS) is 12.0. The quantitative estimate of drug-likeness (QED) is 0.418. The van der Waals surface area contributed by atoms with Gasteiger partial charge in [0.2, 0.25) is 5.75 Å². The summed E-state index contributed by atoms with van der Waals surface area (Å²) in [6, 6.07) is 9.86. The molecule has 0 saturated carbocycles. The molecule has 154 valence electrons. The van der Waals surface area contributed by atoms with Gasteiger partial charge in [-0.05, 0) is 64.1 Å². The fourth-order valence-corrected chi connectivity index (χ4v) is 2.43. The van der Waals surface area contributed by atoms with Crippen molar-refractivity contribution in [1.82, 2.24) is 5.32 Å². The van der Waals surface area contributed by atoms with E-state index >= 15 is 0 Å². The number of ether oxygens (including phenoxy) is 2. The van der Waals surface area contributed by atoms with E-state index < -0.39 is 28.4 Å². The molecule has 2 aromatic carbocycles. The number of nitrogens with one attached hydrogen (secondary N) is 1. The first kappa shape index (κ1) is 22.2. The summed E-state index contributed by atoms with van der Waals surface area (Å²) >= 11 is 5.78. The molecule has 0 aliphatic rings. The summed E-state index contributed by atoms with van der Waals surface area (Å²) in [4.78, 5) is 34.8. The van der Waals surface area contributed by atoms with E-state index in [9.17, 15) is 19.7 Å². The Balaban J connectivity index is 2.06. The Labute approximate surface area is 172 Å². The van der Waals surface area contributed by atoms with Crippen molar-refractivity contribution >= 4 is 29.2 Å². The number of hydrogen-bond donors (Lipinski definition) is 1. The molecule has 9 heteroatoms. The number of carbonyl (C=O) groups is 2. The molecule has 29 heavy (non-hydrogen) atoms. The van der Waals surface area contributed by atoms with Crippen molar-refractivity contribution in [1.29, 1.82) is 0 Å². The van der Waals surface area contributed by atoms with Gasteiger partial charge in [-0.3, -0.25) is 14.9 Å². The van der Waals surface area contributed by atoms with Crippen LogP contribution in [0.25, 0.3) is 0 Å². The highest BCUT2D eigenvalue weighted by molar-refractivity contribution is 6.30. The molecule has 0 aliphatic heterocycles. The Morgan fingerprint density at radius 3 is 2.31 bits per heavy atom. The molecular weight excluding hydrogens is 400 g/mol. The van der Waals surface area contributed by atoms with Crippen molar-refractivity contribution in [3.8, 4) is 11.5 Å². The number of nitro benzene ring substituents is 1. The molecule has 0 spiro atoms. The molecule has 0 unspecified atom stereocenters. The zero-order chi connectivity index (χ0) is 21.8. The van der Waals surface area contributed by atoms with Crippen LogP contribution in [0, 0.1) is 10.1 Å². The van der Waals surface area contributed by atoms with Gasteiger partial charge in [0.25, 0.3) is 5.91 Å². The molecule has 0 aliphatic carbocycles. The summed E-state index contributed by atoms with van der Waals surface area (Å²) in [5.74, 6) is -0.779. The zero-order valence-corrected chi connectivity index (χ0v) is 17.1. The maximum absolute atomic E-state index is 12.2. The lowest BCUT2D eigenvalue weighted by Gasteiger charge is -2.23. The van der Waals surface area contributed by atoms with Gasteiger partial charge in [0.05, 0.1) is 10.5 Å². The summed E-state index contributed by atoms with van der Waals surface area (Å²) < 4.78 is 10.7. The van der Waals surface area contributed by atoms with Gasteiger partial charge in [-0.25, -0.2) is 4.79 Å². The van der Waals surface area contributed by atoms with Gasteiger partial charge in [-0.2, -0.15) is 0 Å². The van der Waals surface area contributed by atoms with Crippen LogP contribution in [0.1, 0.15) is 38.1 Å². The Morgan fingerprint density at radius 2 is 1.76 bits per heavy atom. The van der Waals surface area contributed by atoms with Crippen molar-refractivity contribution in [2.75, 3.05) is 0 Å². The second-order valence-electron chi connectivity index (χ2n) is 7.28. The minimum atomic E-state index is -0.964. The summed E-state index contributed by atoms with van der Waals surface area (Å²) in [5.41, 5.74) is -0.515. The molecule has 1 atom stereocenters. The van der Waals surface area contributed by atoms with Gasteiger partial charge in [0, 0.05) is 16.6 Å². The minimum absolute atomic E-state index is 0.0159. The van der Waals surface area contributed by atoms with Crippen LogP contribution in [0.4, 0.5) is 5.69 Å². The highest BCUT2D eigenvalue weighted by Crippen LogP contribution is 2.33. The Hall–Kier alpha value is -3.13. The van der Waals surface area contributed by atoms with Crippen LogP contribution in [0.3, 0.4) is 0 Å². The summed E-state index contributed by atoms with van der Waals surface area (Å²) in [5, 5.41) is 14.1.